The quantitative estimate of drug-likeness (QED) is 0.387. The molecule has 0 saturated heterocycles. The maximum Gasteiger partial charge on any atom is 0.358 e. The average Bonchev–Trinajstić information content (AvgIpc) is 3.14. The van der Waals surface area contributed by atoms with Crippen LogP contribution in [0.3, 0.4) is 0 Å². The molecule has 0 aliphatic heterocycles. The zero-order valence-electron chi connectivity index (χ0n) is 15.7. The van der Waals surface area contributed by atoms with Gasteiger partial charge < -0.3 is 16.2 Å². The predicted octanol–water partition coefficient (Wildman–Crippen LogP) is 2.14. The summed E-state index contributed by atoms with van der Waals surface area (Å²) in [6.07, 6.45) is 2.84. The van der Waals surface area contributed by atoms with Crippen LogP contribution >= 0.6 is 0 Å². The second-order valence-corrected chi connectivity index (χ2v) is 6.42. The van der Waals surface area contributed by atoms with Crippen LogP contribution in [0.2, 0.25) is 0 Å². The van der Waals surface area contributed by atoms with E-state index in [0.29, 0.717) is 22.7 Å². The highest BCUT2D eigenvalue weighted by Gasteiger charge is 2.17. The monoisotopic (exact) mass is 401 g/mol. The van der Waals surface area contributed by atoms with Crippen molar-refractivity contribution >= 4 is 28.8 Å². The molecule has 0 bridgehead atoms. The van der Waals surface area contributed by atoms with Crippen LogP contribution in [0.15, 0.2) is 36.7 Å². The van der Waals surface area contributed by atoms with Gasteiger partial charge in [-0.1, -0.05) is 24.3 Å². The van der Waals surface area contributed by atoms with Crippen molar-refractivity contribution in [1.82, 2.24) is 30.1 Å². The van der Waals surface area contributed by atoms with Gasteiger partial charge in [0, 0.05) is 5.56 Å². The molecule has 0 aliphatic carbocycles. The minimum Gasteiger partial charge on any atom is -0.476 e. The Labute approximate surface area is 169 Å². The molecule has 148 valence electrons. The van der Waals surface area contributed by atoms with E-state index in [2.05, 4.69) is 35.5 Å². The van der Waals surface area contributed by atoms with Crippen LogP contribution < -0.4 is 11.1 Å². The third kappa shape index (κ3) is 3.45. The minimum atomic E-state index is -1.27. The van der Waals surface area contributed by atoms with Gasteiger partial charge in [-0.25, -0.2) is 24.7 Å². The summed E-state index contributed by atoms with van der Waals surface area (Å²) in [5, 5.41) is 27.8. The molecule has 4 rings (SSSR count). The topological polar surface area (TPSA) is 179 Å². The Hall–Kier alpha value is -4.59. The summed E-state index contributed by atoms with van der Waals surface area (Å²) < 4.78 is 0. The first-order chi connectivity index (χ1) is 14.5. The standard InChI is InChI=1S/C19H15N9O2/c1-9(24-17-15(19(29)30)25-12(6-20)7-22-17)10-2-4-11(5-3-10)13-8-23-18-14(26-13)16(21)27-28-18/h2-5,7-9H,1H3,(H,22,24)(H,29,30)(H3,21,23,27,28)/t9-/m1/s1. The smallest absolute Gasteiger partial charge is 0.358 e. The van der Waals surface area contributed by atoms with Gasteiger partial charge in [0.2, 0.25) is 5.65 Å². The number of rotatable bonds is 5. The fourth-order valence-electron chi connectivity index (χ4n) is 2.88. The number of aromatic nitrogens is 6. The van der Waals surface area contributed by atoms with Crippen molar-refractivity contribution in [3.05, 3.63) is 53.6 Å². The molecule has 1 atom stereocenters. The molecule has 0 fully saturated rings. The highest BCUT2D eigenvalue weighted by molar-refractivity contribution is 5.91. The second-order valence-electron chi connectivity index (χ2n) is 6.42. The van der Waals surface area contributed by atoms with Gasteiger partial charge >= 0.3 is 5.97 Å². The summed E-state index contributed by atoms with van der Waals surface area (Å²) in [5.74, 6) is -0.825. The molecule has 11 heteroatoms. The maximum absolute atomic E-state index is 11.4. The van der Waals surface area contributed by atoms with Crippen molar-refractivity contribution in [2.24, 2.45) is 0 Å². The van der Waals surface area contributed by atoms with Gasteiger partial charge in [-0.15, -0.1) is 0 Å². The van der Waals surface area contributed by atoms with E-state index < -0.39 is 5.97 Å². The van der Waals surface area contributed by atoms with Crippen LogP contribution in [0.4, 0.5) is 11.6 Å². The van der Waals surface area contributed by atoms with Crippen LogP contribution in [0.1, 0.15) is 34.7 Å². The number of H-pyrrole nitrogens is 1. The number of nitrogen functional groups attached to an aromatic ring is 1. The second kappa shape index (κ2) is 7.44. The number of fused-ring (bicyclic) bond motifs is 1. The molecule has 1 aromatic carbocycles. The number of carboxylic acid groups (broad SMARTS) is 1. The van der Waals surface area contributed by atoms with E-state index in [1.165, 1.54) is 6.20 Å². The normalized spacial score (nSPS) is 11.7. The number of nitrogens with one attached hydrogen (secondary N) is 2. The lowest BCUT2D eigenvalue weighted by atomic mass is 10.0. The highest BCUT2D eigenvalue weighted by Crippen LogP contribution is 2.25. The van der Waals surface area contributed by atoms with Crippen LogP contribution in [-0.4, -0.2) is 41.2 Å². The Morgan fingerprint density at radius 3 is 2.70 bits per heavy atom. The third-order valence-corrected chi connectivity index (χ3v) is 4.44. The zero-order valence-corrected chi connectivity index (χ0v) is 15.7. The lowest BCUT2D eigenvalue weighted by Gasteiger charge is -2.16. The van der Waals surface area contributed by atoms with E-state index in [9.17, 15) is 9.90 Å². The largest absolute Gasteiger partial charge is 0.476 e. The summed E-state index contributed by atoms with van der Waals surface area (Å²) >= 11 is 0. The molecule has 4 aromatic rings. The number of nitriles is 1. The molecule has 0 saturated carbocycles. The maximum atomic E-state index is 11.4. The number of anilines is 2. The lowest BCUT2D eigenvalue weighted by Crippen LogP contribution is -2.14. The average molecular weight is 401 g/mol. The molecular formula is C19H15N9O2. The van der Waals surface area contributed by atoms with Gasteiger partial charge in [0.05, 0.1) is 24.1 Å². The van der Waals surface area contributed by atoms with E-state index in [-0.39, 0.29) is 23.2 Å². The van der Waals surface area contributed by atoms with E-state index in [1.54, 1.807) is 12.3 Å². The molecule has 3 aromatic heterocycles. The van der Waals surface area contributed by atoms with E-state index in [1.807, 2.05) is 31.2 Å². The van der Waals surface area contributed by atoms with Gasteiger partial charge in [-0.2, -0.15) is 10.4 Å². The first-order valence-corrected chi connectivity index (χ1v) is 8.80. The van der Waals surface area contributed by atoms with Crippen molar-refractivity contribution in [2.75, 3.05) is 11.1 Å². The summed E-state index contributed by atoms with van der Waals surface area (Å²) in [6, 6.07) is 9.04. The highest BCUT2D eigenvalue weighted by atomic mass is 16.4. The van der Waals surface area contributed by atoms with E-state index in [4.69, 9.17) is 11.0 Å². The van der Waals surface area contributed by atoms with Crippen molar-refractivity contribution in [3.63, 3.8) is 0 Å². The summed E-state index contributed by atoms with van der Waals surface area (Å²) in [5.41, 5.74) is 8.77. The Balaban J connectivity index is 1.57. The Morgan fingerprint density at radius 2 is 2.00 bits per heavy atom. The molecular weight excluding hydrogens is 386 g/mol. The first kappa shape index (κ1) is 18.8. The van der Waals surface area contributed by atoms with Crippen molar-refractivity contribution in [3.8, 4) is 17.3 Å². The number of aromatic carboxylic acids is 1. The number of carboxylic acids is 1. The summed E-state index contributed by atoms with van der Waals surface area (Å²) in [6.45, 7) is 1.86. The molecule has 0 unspecified atom stereocenters. The van der Waals surface area contributed by atoms with Crippen molar-refractivity contribution in [2.45, 2.75) is 13.0 Å². The van der Waals surface area contributed by atoms with Gasteiger partial charge in [-0.05, 0) is 12.5 Å². The van der Waals surface area contributed by atoms with Crippen LogP contribution in [0, 0.1) is 11.3 Å². The Morgan fingerprint density at radius 1 is 1.23 bits per heavy atom. The number of nitrogens with two attached hydrogens (primary N) is 1. The lowest BCUT2D eigenvalue weighted by molar-refractivity contribution is 0.0691. The summed E-state index contributed by atoms with van der Waals surface area (Å²) in [4.78, 5) is 28.0. The first-order valence-electron chi connectivity index (χ1n) is 8.80. The SMILES string of the molecule is C[C@@H](Nc1ncc(C#N)nc1C(=O)O)c1ccc(-c2cnc3n[nH]c(N)c3n2)cc1. The molecule has 11 nitrogen and oxygen atoms in total. The molecule has 5 N–H and O–H groups in total. The number of hydrogen-bond acceptors (Lipinski definition) is 9. The molecule has 0 amide bonds. The predicted molar refractivity (Wildman–Crippen MR) is 107 cm³/mol. The third-order valence-electron chi connectivity index (χ3n) is 4.44. The molecule has 3 heterocycles. The number of carbonyl (C=O) groups is 1. The molecule has 30 heavy (non-hydrogen) atoms. The van der Waals surface area contributed by atoms with E-state index >= 15 is 0 Å². The fraction of sp³-hybridized carbons (Fsp3) is 0.105. The molecule has 0 aliphatic rings. The van der Waals surface area contributed by atoms with Gasteiger partial charge in [0.1, 0.15) is 11.9 Å². The number of nitrogens with zero attached hydrogens (tertiary/aromatic N) is 6. The van der Waals surface area contributed by atoms with Crippen molar-refractivity contribution in [1.29, 1.82) is 5.26 Å². The zero-order chi connectivity index (χ0) is 21.3. The number of benzene rings is 1. The number of hydrogen-bond donors (Lipinski definition) is 4. The van der Waals surface area contributed by atoms with Gasteiger partial charge in [-0.3, -0.25) is 5.10 Å². The minimum absolute atomic E-state index is 0.0636. The van der Waals surface area contributed by atoms with Crippen LogP contribution in [0.25, 0.3) is 22.4 Å². The fourth-order valence-corrected chi connectivity index (χ4v) is 2.88. The molecule has 0 radical (unpaired) electrons. The molecule has 0 spiro atoms. The van der Waals surface area contributed by atoms with Gasteiger partial charge in [0.25, 0.3) is 0 Å². The number of aromatic amines is 1. The Bertz CT molecular complexity index is 1290. The Kier molecular flexibility index (Phi) is 4.65. The van der Waals surface area contributed by atoms with Crippen LogP contribution in [0.5, 0.6) is 0 Å². The van der Waals surface area contributed by atoms with E-state index in [0.717, 1.165) is 11.1 Å². The van der Waals surface area contributed by atoms with Gasteiger partial charge in [0.15, 0.2) is 22.7 Å². The summed E-state index contributed by atoms with van der Waals surface area (Å²) in [7, 11) is 0. The van der Waals surface area contributed by atoms with Crippen LogP contribution in [-0.2, 0) is 0 Å². The van der Waals surface area contributed by atoms with Crippen molar-refractivity contribution < 1.29 is 9.90 Å².